The Morgan fingerprint density at radius 2 is 1.67 bits per heavy atom. The van der Waals surface area contributed by atoms with E-state index < -0.39 is 29.3 Å². The Hall–Kier alpha value is -4.41. The molecule has 1 amide bonds. The molecular formula is C36H32BrF3N2O4. The van der Waals surface area contributed by atoms with Crippen LogP contribution in [0.2, 0.25) is 0 Å². The first kappa shape index (κ1) is 33.0. The smallest absolute Gasteiger partial charge is 0.416 e. The van der Waals surface area contributed by atoms with Crippen molar-refractivity contribution in [3.63, 3.8) is 0 Å². The molecule has 0 aromatic heterocycles. The van der Waals surface area contributed by atoms with E-state index in [1.54, 1.807) is 24.3 Å². The van der Waals surface area contributed by atoms with E-state index in [-0.39, 0.29) is 25.5 Å². The molecule has 5 rings (SSSR count). The van der Waals surface area contributed by atoms with Crippen molar-refractivity contribution in [1.29, 1.82) is 0 Å². The average Bonchev–Trinajstić information content (AvgIpc) is 3.45. The number of hydrogen-bond acceptors (Lipinski definition) is 5. The van der Waals surface area contributed by atoms with E-state index in [9.17, 15) is 18.0 Å². The number of halogens is 4. The number of ether oxygens (including phenoxy) is 2. The van der Waals surface area contributed by atoms with Crippen LogP contribution < -0.4 is 10.1 Å². The summed E-state index contributed by atoms with van der Waals surface area (Å²) in [6.45, 7) is 0.399. The highest BCUT2D eigenvalue weighted by Gasteiger charge is 2.52. The highest BCUT2D eigenvalue weighted by Crippen LogP contribution is 2.43. The number of nitrogens with one attached hydrogen (secondary N) is 1. The van der Waals surface area contributed by atoms with Crippen LogP contribution in [0.15, 0.2) is 119 Å². The van der Waals surface area contributed by atoms with Gasteiger partial charge in [0.25, 0.3) is 5.91 Å². The third-order valence-corrected chi connectivity index (χ3v) is 8.00. The molecule has 0 saturated heterocycles. The van der Waals surface area contributed by atoms with Crippen LogP contribution in [0.4, 0.5) is 13.2 Å². The number of aliphatic hydroxyl groups excluding tert-OH is 1. The summed E-state index contributed by atoms with van der Waals surface area (Å²) in [5.41, 5.74) is 0.615. The second kappa shape index (κ2) is 14.8. The number of hydrogen-bond donors (Lipinski definition) is 2. The van der Waals surface area contributed by atoms with Gasteiger partial charge >= 0.3 is 6.18 Å². The Balaban J connectivity index is 1.50. The van der Waals surface area contributed by atoms with Gasteiger partial charge in [-0.2, -0.15) is 13.2 Å². The van der Waals surface area contributed by atoms with E-state index in [1.165, 1.54) is 12.1 Å². The average molecular weight is 694 g/mol. The van der Waals surface area contributed by atoms with Crippen LogP contribution in [0.5, 0.6) is 5.75 Å². The van der Waals surface area contributed by atoms with Crippen molar-refractivity contribution < 1.29 is 32.5 Å². The first-order chi connectivity index (χ1) is 22.2. The number of carbonyl (C=O) groups excluding carboxylic acids is 1. The topological polar surface area (TPSA) is 80.2 Å². The number of alkyl halides is 3. The van der Waals surface area contributed by atoms with Crippen LogP contribution in [0, 0.1) is 0 Å². The largest absolute Gasteiger partial charge is 0.494 e. The van der Waals surface area contributed by atoms with Gasteiger partial charge in [0.15, 0.2) is 11.6 Å². The number of aliphatic imine (C=N–C) groups is 1. The second-order valence-corrected chi connectivity index (χ2v) is 11.7. The van der Waals surface area contributed by atoms with Crippen molar-refractivity contribution in [1.82, 2.24) is 5.32 Å². The van der Waals surface area contributed by atoms with Gasteiger partial charge in [-0.15, -0.1) is 0 Å². The number of rotatable bonds is 12. The van der Waals surface area contributed by atoms with E-state index in [0.29, 0.717) is 29.9 Å². The SMILES string of the molecule is O=C(NCc1ccc(C(F)(F)F)cc1)[C@]1(C/C=C/c2ccccc2)N=C(c2ccc(OCCCO)cc2)O[C@@H]1c1ccc(Br)cc1. The molecule has 0 unspecified atom stereocenters. The summed E-state index contributed by atoms with van der Waals surface area (Å²) in [5, 5.41) is 12.0. The summed E-state index contributed by atoms with van der Waals surface area (Å²) in [4.78, 5) is 19.2. The Morgan fingerprint density at radius 3 is 2.33 bits per heavy atom. The fourth-order valence-electron chi connectivity index (χ4n) is 5.04. The lowest BCUT2D eigenvalue weighted by molar-refractivity contribution is -0.137. The zero-order chi connectivity index (χ0) is 32.6. The molecule has 0 spiro atoms. The number of aliphatic hydroxyl groups is 1. The van der Waals surface area contributed by atoms with Crippen LogP contribution in [0.3, 0.4) is 0 Å². The van der Waals surface area contributed by atoms with Crippen molar-refractivity contribution >= 4 is 33.8 Å². The van der Waals surface area contributed by atoms with E-state index >= 15 is 0 Å². The normalized spacial score (nSPS) is 17.8. The maximum atomic E-state index is 14.3. The molecule has 2 atom stereocenters. The summed E-state index contributed by atoms with van der Waals surface area (Å²) < 4.78 is 52.3. The number of nitrogens with zero attached hydrogens (tertiary/aromatic N) is 1. The summed E-state index contributed by atoms with van der Waals surface area (Å²) in [7, 11) is 0. The molecule has 2 N–H and O–H groups in total. The van der Waals surface area contributed by atoms with Crippen LogP contribution in [0.25, 0.3) is 6.08 Å². The third-order valence-electron chi connectivity index (χ3n) is 7.48. The Morgan fingerprint density at radius 1 is 0.978 bits per heavy atom. The first-order valence-corrected chi connectivity index (χ1v) is 15.5. The molecule has 238 valence electrons. The lowest BCUT2D eigenvalue weighted by atomic mass is 9.84. The van der Waals surface area contributed by atoms with Gasteiger partial charge in [0.05, 0.1) is 12.2 Å². The van der Waals surface area contributed by atoms with Crippen LogP contribution in [-0.2, 0) is 22.3 Å². The summed E-state index contributed by atoms with van der Waals surface area (Å²) in [6.07, 6.45) is -0.794. The number of carbonyl (C=O) groups is 1. The predicted molar refractivity (Wildman–Crippen MR) is 174 cm³/mol. The minimum Gasteiger partial charge on any atom is -0.494 e. The molecule has 4 aromatic rings. The lowest BCUT2D eigenvalue weighted by Crippen LogP contribution is -2.47. The molecule has 1 aliphatic rings. The van der Waals surface area contributed by atoms with Crippen molar-refractivity contribution in [2.45, 2.75) is 37.2 Å². The van der Waals surface area contributed by atoms with Crippen LogP contribution in [0.1, 0.15) is 46.8 Å². The van der Waals surface area contributed by atoms with E-state index in [2.05, 4.69) is 21.2 Å². The quantitative estimate of drug-likeness (QED) is 0.148. The van der Waals surface area contributed by atoms with Crippen molar-refractivity contribution in [3.05, 3.63) is 141 Å². The van der Waals surface area contributed by atoms with E-state index in [4.69, 9.17) is 19.6 Å². The molecule has 1 aliphatic heterocycles. The zero-order valence-electron chi connectivity index (χ0n) is 24.7. The molecule has 6 nitrogen and oxygen atoms in total. The minimum absolute atomic E-state index is 0.00108. The number of benzene rings is 4. The number of amides is 1. The fourth-order valence-corrected chi connectivity index (χ4v) is 5.30. The Kier molecular flexibility index (Phi) is 10.6. The van der Waals surface area contributed by atoms with Gasteiger partial charge in [0.2, 0.25) is 5.90 Å². The molecule has 4 aromatic carbocycles. The molecule has 10 heteroatoms. The molecule has 1 heterocycles. The molecule has 46 heavy (non-hydrogen) atoms. The fraction of sp³-hybridized carbons (Fsp3) is 0.222. The molecule has 0 bridgehead atoms. The highest BCUT2D eigenvalue weighted by atomic mass is 79.9. The van der Waals surface area contributed by atoms with Crippen LogP contribution in [-0.4, -0.2) is 35.7 Å². The maximum absolute atomic E-state index is 14.3. The second-order valence-electron chi connectivity index (χ2n) is 10.7. The summed E-state index contributed by atoms with van der Waals surface area (Å²) >= 11 is 3.47. The van der Waals surface area contributed by atoms with Crippen molar-refractivity contribution in [2.24, 2.45) is 4.99 Å². The predicted octanol–water partition coefficient (Wildman–Crippen LogP) is 7.91. The highest BCUT2D eigenvalue weighted by molar-refractivity contribution is 9.10. The minimum atomic E-state index is -4.45. The molecular weight excluding hydrogens is 661 g/mol. The third kappa shape index (κ3) is 8.05. The molecule has 0 fully saturated rings. The molecule has 0 radical (unpaired) electrons. The lowest BCUT2D eigenvalue weighted by Gasteiger charge is -2.30. The van der Waals surface area contributed by atoms with E-state index in [0.717, 1.165) is 27.7 Å². The van der Waals surface area contributed by atoms with Gasteiger partial charge < -0.3 is 19.9 Å². The van der Waals surface area contributed by atoms with Crippen molar-refractivity contribution in [3.8, 4) is 5.75 Å². The van der Waals surface area contributed by atoms with Gasteiger partial charge in [-0.05, 0) is 65.2 Å². The van der Waals surface area contributed by atoms with Gasteiger partial charge in [-0.1, -0.05) is 82.7 Å². The Labute approximate surface area is 273 Å². The summed E-state index contributed by atoms with van der Waals surface area (Å²) in [5.74, 6) is 0.455. The van der Waals surface area contributed by atoms with Gasteiger partial charge in [-0.25, -0.2) is 4.99 Å². The Bertz CT molecular complexity index is 1660. The van der Waals surface area contributed by atoms with E-state index in [1.807, 2.05) is 66.7 Å². The van der Waals surface area contributed by atoms with Gasteiger partial charge in [0.1, 0.15) is 5.75 Å². The summed E-state index contributed by atoms with van der Waals surface area (Å²) in [6, 6.07) is 28.9. The first-order valence-electron chi connectivity index (χ1n) is 14.7. The molecule has 0 aliphatic carbocycles. The van der Waals surface area contributed by atoms with Crippen LogP contribution >= 0.6 is 15.9 Å². The van der Waals surface area contributed by atoms with Gasteiger partial charge in [0, 0.05) is 36.0 Å². The van der Waals surface area contributed by atoms with Crippen molar-refractivity contribution in [2.75, 3.05) is 13.2 Å². The van der Waals surface area contributed by atoms with Gasteiger partial charge in [-0.3, -0.25) is 4.79 Å². The monoisotopic (exact) mass is 692 g/mol. The molecule has 0 saturated carbocycles. The standard InChI is InChI=1S/C36H32BrF3N2O4/c37-30-17-11-27(12-18-30)32-35(21-4-8-25-6-2-1-3-7-25,34(44)41-24-26-9-15-29(16-10-26)36(38,39)40)42-33(46-32)28-13-19-31(20-14-28)45-23-5-22-43/h1-4,6-20,32,43H,5,21-24H2,(H,41,44)/b8-4+/t32-,35-/m1/s1. The zero-order valence-corrected chi connectivity index (χ0v) is 26.3. The maximum Gasteiger partial charge on any atom is 0.416 e.